The van der Waals surface area contributed by atoms with Gasteiger partial charge in [0, 0.05) is 15.6 Å². The Labute approximate surface area is 156 Å². The number of fused-ring (bicyclic) bond motifs is 1. The highest BCUT2D eigenvalue weighted by Gasteiger charge is 2.33. The number of aromatic hydroxyl groups is 1. The zero-order chi connectivity index (χ0) is 18.4. The van der Waals surface area contributed by atoms with Crippen molar-refractivity contribution in [3.05, 3.63) is 75.3 Å². The van der Waals surface area contributed by atoms with E-state index in [1.165, 1.54) is 0 Å². The summed E-state index contributed by atoms with van der Waals surface area (Å²) in [5.41, 5.74) is 8.55. The Kier molecular flexibility index (Phi) is 3.73. The first kappa shape index (κ1) is 16.3. The Morgan fingerprint density at radius 1 is 1.00 bits per heavy atom. The molecule has 1 aliphatic heterocycles. The van der Waals surface area contributed by atoms with Gasteiger partial charge in [-0.25, -0.2) is 4.99 Å². The maximum atomic E-state index is 12.5. The van der Waals surface area contributed by atoms with Crippen molar-refractivity contribution in [2.24, 2.45) is 10.7 Å². The van der Waals surface area contributed by atoms with Gasteiger partial charge >= 0.3 is 0 Å². The molecule has 0 spiro atoms. The van der Waals surface area contributed by atoms with Gasteiger partial charge in [-0.15, -0.1) is 0 Å². The average molecular weight is 410 g/mol. The van der Waals surface area contributed by atoms with Crippen LogP contribution in [0.1, 0.15) is 31.8 Å². The van der Waals surface area contributed by atoms with Gasteiger partial charge < -0.3 is 15.8 Å². The van der Waals surface area contributed by atoms with Crippen molar-refractivity contribution in [3.63, 3.8) is 0 Å². The average Bonchev–Trinajstić information content (AvgIpc) is 3.15. The summed E-state index contributed by atoms with van der Waals surface area (Å²) < 4.78 is 0.903. The van der Waals surface area contributed by atoms with Crippen LogP contribution < -0.4 is 5.73 Å². The number of carbonyl (C=O) groups excluding carboxylic acids is 2. The number of nitrogens with two attached hydrogens (primary N) is 1. The number of hydrogen-bond acceptors (Lipinski definition) is 3. The molecule has 0 saturated heterocycles. The molecule has 0 atom stereocenters. The van der Waals surface area contributed by atoms with Crippen LogP contribution in [0.25, 0.3) is 11.3 Å². The van der Waals surface area contributed by atoms with Crippen molar-refractivity contribution >= 4 is 33.5 Å². The van der Waals surface area contributed by atoms with Gasteiger partial charge in [0.15, 0.2) is 5.88 Å². The molecule has 0 aliphatic carbocycles. The highest BCUT2D eigenvalue weighted by Crippen LogP contribution is 2.38. The molecule has 1 aliphatic rings. The van der Waals surface area contributed by atoms with Gasteiger partial charge in [0.25, 0.3) is 5.91 Å². The quantitative estimate of drug-likeness (QED) is 0.617. The van der Waals surface area contributed by atoms with E-state index in [1.54, 1.807) is 24.3 Å². The van der Waals surface area contributed by atoms with Gasteiger partial charge in [-0.1, -0.05) is 40.2 Å². The fraction of sp³-hybridized carbons (Fsp3) is 0. The number of nitrogens with one attached hydrogen (secondary N) is 1. The largest absolute Gasteiger partial charge is 0.494 e. The van der Waals surface area contributed by atoms with Gasteiger partial charge in [-0.05, 0) is 29.8 Å². The lowest BCUT2D eigenvalue weighted by molar-refractivity contribution is 0.0994. The first-order valence-corrected chi connectivity index (χ1v) is 8.49. The number of primary amides is 1. The van der Waals surface area contributed by atoms with E-state index in [-0.39, 0.29) is 5.88 Å². The SMILES string of the molecule is NC(=O)c1ccc(-c2[nH]c(O)c3c2C(=O)N=C3c2ccc(Br)cc2)cc1. The summed E-state index contributed by atoms with van der Waals surface area (Å²) in [6, 6.07) is 13.8. The van der Waals surface area contributed by atoms with Gasteiger partial charge in [-0.3, -0.25) is 9.59 Å². The first-order valence-electron chi connectivity index (χ1n) is 7.70. The number of halogens is 1. The van der Waals surface area contributed by atoms with Gasteiger partial charge in [-0.2, -0.15) is 0 Å². The zero-order valence-electron chi connectivity index (χ0n) is 13.3. The molecule has 1 aromatic heterocycles. The van der Waals surface area contributed by atoms with E-state index in [0.29, 0.717) is 33.7 Å². The second-order valence-corrected chi connectivity index (χ2v) is 6.73. The summed E-state index contributed by atoms with van der Waals surface area (Å²) in [4.78, 5) is 30.7. The van der Waals surface area contributed by atoms with Crippen LogP contribution in [0.15, 0.2) is 58.0 Å². The molecule has 128 valence electrons. The Bertz CT molecular complexity index is 1080. The maximum Gasteiger partial charge on any atom is 0.280 e. The molecule has 0 fully saturated rings. The highest BCUT2D eigenvalue weighted by atomic mass is 79.9. The van der Waals surface area contributed by atoms with E-state index in [2.05, 4.69) is 25.9 Å². The first-order chi connectivity index (χ1) is 12.5. The van der Waals surface area contributed by atoms with Crippen molar-refractivity contribution < 1.29 is 14.7 Å². The predicted octanol–water partition coefficient (Wildman–Crippen LogP) is 3.24. The number of aromatic nitrogens is 1. The number of amides is 2. The predicted molar refractivity (Wildman–Crippen MR) is 101 cm³/mol. The Morgan fingerprint density at radius 2 is 1.62 bits per heavy atom. The van der Waals surface area contributed by atoms with Crippen molar-refractivity contribution in [3.8, 4) is 17.1 Å². The standard InChI is InChI=1S/C19H12BrN3O3/c20-12-7-5-10(6-8-12)16-14-13(18(25)23-16)15(22-19(14)26)9-1-3-11(4-2-9)17(21)24/h1-8,22,26H,(H2,21,24). The highest BCUT2D eigenvalue weighted by molar-refractivity contribution is 9.10. The second-order valence-electron chi connectivity index (χ2n) is 5.81. The third-order valence-electron chi connectivity index (χ3n) is 4.22. The summed E-state index contributed by atoms with van der Waals surface area (Å²) in [5.74, 6) is -1.09. The number of aliphatic imine (C=N–C) groups is 1. The Morgan fingerprint density at radius 3 is 2.23 bits per heavy atom. The van der Waals surface area contributed by atoms with Crippen molar-refractivity contribution in [1.82, 2.24) is 4.98 Å². The molecule has 0 bridgehead atoms. The molecule has 4 N–H and O–H groups in total. The number of benzene rings is 2. The topological polar surface area (TPSA) is 109 Å². The molecule has 0 radical (unpaired) electrons. The Hall–Kier alpha value is -3.19. The van der Waals surface area contributed by atoms with E-state index in [9.17, 15) is 14.7 Å². The van der Waals surface area contributed by atoms with Crippen LogP contribution in [0.5, 0.6) is 5.88 Å². The molecular formula is C19H12BrN3O3. The summed E-state index contributed by atoms with van der Waals surface area (Å²) in [6.07, 6.45) is 0. The summed E-state index contributed by atoms with van der Waals surface area (Å²) in [5, 5.41) is 10.4. The van der Waals surface area contributed by atoms with Crippen LogP contribution >= 0.6 is 15.9 Å². The van der Waals surface area contributed by atoms with E-state index >= 15 is 0 Å². The third-order valence-corrected chi connectivity index (χ3v) is 4.75. The van der Waals surface area contributed by atoms with Crippen LogP contribution in [0, 0.1) is 0 Å². The molecule has 6 nitrogen and oxygen atoms in total. The van der Waals surface area contributed by atoms with E-state index in [4.69, 9.17) is 5.73 Å². The van der Waals surface area contributed by atoms with Crippen molar-refractivity contribution in [1.29, 1.82) is 0 Å². The van der Waals surface area contributed by atoms with Crippen LogP contribution in [0.3, 0.4) is 0 Å². The fourth-order valence-corrected chi connectivity index (χ4v) is 3.24. The molecule has 0 unspecified atom stereocenters. The van der Waals surface area contributed by atoms with Crippen molar-refractivity contribution in [2.75, 3.05) is 0 Å². The fourth-order valence-electron chi connectivity index (χ4n) is 2.98. The molecule has 2 amide bonds. The molecule has 3 aromatic rings. The zero-order valence-corrected chi connectivity index (χ0v) is 14.9. The monoisotopic (exact) mass is 409 g/mol. The molecule has 4 rings (SSSR count). The number of H-pyrrole nitrogens is 1. The van der Waals surface area contributed by atoms with Gasteiger partial charge in [0.2, 0.25) is 5.91 Å². The third kappa shape index (κ3) is 2.53. The molecule has 2 aromatic carbocycles. The van der Waals surface area contributed by atoms with Gasteiger partial charge in [0.1, 0.15) is 0 Å². The second kappa shape index (κ2) is 5.96. The smallest absolute Gasteiger partial charge is 0.280 e. The lowest BCUT2D eigenvalue weighted by Gasteiger charge is -2.01. The van der Waals surface area contributed by atoms with Crippen LogP contribution in [-0.4, -0.2) is 27.6 Å². The summed E-state index contributed by atoms with van der Waals surface area (Å²) in [6.45, 7) is 0. The van der Waals surface area contributed by atoms with E-state index < -0.39 is 11.8 Å². The molecule has 7 heteroatoms. The molecular weight excluding hydrogens is 398 g/mol. The van der Waals surface area contributed by atoms with Crippen LogP contribution in [0.4, 0.5) is 0 Å². The number of aromatic amines is 1. The van der Waals surface area contributed by atoms with Crippen LogP contribution in [0.2, 0.25) is 0 Å². The summed E-state index contributed by atoms with van der Waals surface area (Å²) in [7, 11) is 0. The maximum absolute atomic E-state index is 12.5. The number of nitrogens with zero attached hydrogens (tertiary/aromatic N) is 1. The van der Waals surface area contributed by atoms with Gasteiger partial charge in [0.05, 0.1) is 22.5 Å². The number of carbonyl (C=O) groups is 2. The van der Waals surface area contributed by atoms with E-state index in [1.807, 2.05) is 24.3 Å². The normalized spacial score (nSPS) is 12.8. The van der Waals surface area contributed by atoms with E-state index in [0.717, 1.165) is 10.0 Å². The summed E-state index contributed by atoms with van der Waals surface area (Å²) >= 11 is 3.37. The minimum atomic E-state index is -0.534. The van der Waals surface area contributed by atoms with Crippen LogP contribution in [-0.2, 0) is 0 Å². The number of hydrogen-bond donors (Lipinski definition) is 3. The molecule has 0 saturated carbocycles. The minimum Gasteiger partial charge on any atom is -0.494 e. The Balaban J connectivity index is 1.82. The lowest BCUT2D eigenvalue weighted by Crippen LogP contribution is -2.10. The van der Waals surface area contributed by atoms with Crippen molar-refractivity contribution in [2.45, 2.75) is 0 Å². The number of rotatable bonds is 3. The molecule has 26 heavy (non-hydrogen) atoms. The lowest BCUT2D eigenvalue weighted by atomic mass is 10.00. The minimum absolute atomic E-state index is 0.124. The molecule has 2 heterocycles.